The van der Waals surface area contributed by atoms with E-state index in [1.54, 1.807) is 30.7 Å². The van der Waals surface area contributed by atoms with Gasteiger partial charge >= 0.3 is 0 Å². The van der Waals surface area contributed by atoms with Gasteiger partial charge in [-0.25, -0.2) is 0 Å². The lowest BCUT2D eigenvalue weighted by molar-refractivity contribution is 0.102. The summed E-state index contributed by atoms with van der Waals surface area (Å²) in [4.78, 5) is 16.6. The average Bonchev–Trinajstić information content (AvgIpc) is 2.99. The summed E-state index contributed by atoms with van der Waals surface area (Å²) in [5.41, 5.74) is 1.87. The quantitative estimate of drug-likeness (QED) is 0.615. The van der Waals surface area contributed by atoms with Crippen LogP contribution in [0.5, 0.6) is 0 Å². The number of amides is 1. The van der Waals surface area contributed by atoms with Crippen LogP contribution < -0.4 is 5.32 Å². The molecule has 0 fully saturated rings. The van der Waals surface area contributed by atoms with Crippen LogP contribution in [0.3, 0.4) is 0 Å². The van der Waals surface area contributed by atoms with E-state index in [0.29, 0.717) is 11.1 Å². The van der Waals surface area contributed by atoms with Crippen LogP contribution in [-0.4, -0.2) is 25.7 Å². The van der Waals surface area contributed by atoms with Crippen molar-refractivity contribution in [3.63, 3.8) is 0 Å². The SMILES string of the molecule is O=C(Nc1cccc2ccncc12)c1cnn2ncccc12. The minimum absolute atomic E-state index is 0.223. The molecular weight excluding hydrogens is 278 g/mol. The minimum Gasteiger partial charge on any atom is -0.321 e. The number of hydrogen-bond donors (Lipinski definition) is 1. The second-order valence-corrected chi connectivity index (χ2v) is 4.81. The first-order valence-electron chi connectivity index (χ1n) is 6.76. The predicted molar refractivity (Wildman–Crippen MR) is 82.7 cm³/mol. The Hall–Kier alpha value is -3.28. The zero-order valence-corrected chi connectivity index (χ0v) is 11.5. The fraction of sp³-hybridized carbons (Fsp3) is 0. The first-order chi connectivity index (χ1) is 10.8. The number of anilines is 1. The van der Waals surface area contributed by atoms with E-state index in [0.717, 1.165) is 16.5 Å². The van der Waals surface area contributed by atoms with Gasteiger partial charge in [0.25, 0.3) is 5.91 Å². The van der Waals surface area contributed by atoms with Gasteiger partial charge in [0.2, 0.25) is 0 Å². The molecule has 6 nitrogen and oxygen atoms in total. The van der Waals surface area contributed by atoms with Crippen LogP contribution in [0.4, 0.5) is 5.69 Å². The molecule has 0 spiro atoms. The molecule has 0 unspecified atom stereocenters. The normalized spacial score (nSPS) is 10.9. The average molecular weight is 289 g/mol. The van der Waals surface area contributed by atoms with Crippen molar-refractivity contribution in [3.8, 4) is 0 Å². The first kappa shape index (κ1) is 12.5. The van der Waals surface area contributed by atoms with E-state index >= 15 is 0 Å². The molecule has 4 rings (SSSR count). The summed E-state index contributed by atoms with van der Waals surface area (Å²) < 4.78 is 1.43. The number of fused-ring (bicyclic) bond motifs is 2. The highest BCUT2D eigenvalue weighted by Gasteiger charge is 2.14. The summed E-state index contributed by atoms with van der Waals surface area (Å²) in [6.07, 6.45) is 6.60. The Morgan fingerprint density at radius 3 is 2.91 bits per heavy atom. The highest BCUT2D eigenvalue weighted by atomic mass is 16.1. The van der Waals surface area contributed by atoms with E-state index in [-0.39, 0.29) is 5.91 Å². The van der Waals surface area contributed by atoms with Crippen molar-refractivity contribution < 1.29 is 4.79 Å². The molecule has 1 aromatic carbocycles. The number of rotatable bonds is 2. The van der Waals surface area contributed by atoms with Gasteiger partial charge in [-0.15, -0.1) is 0 Å². The third kappa shape index (κ3) is 1.98. The topological polar surface area (TPSA) is 72.2 Å². The van der Waals surface area contributed by atoms with Crippen molar-refractivity contribution in [2.45, 2.75) is 0 Å². The van der Waals surface area contributed by atoms with Gasteiger partial charge in [-0.1, -0.05) is 12.1 Å². The molecule has 3 aromatic heterocycles. The number of benzene rings is 1. The van der Waals surface area contributed by atoms with E-state index < -0.39 is 0 Å². The Balaban J connectivity index is 1.75. The van der Waals surface area contributed by atoms with Crippen LogP contribution in [0.2, 0.25) is 0 Å². The van der Waals surface area contributed by atoms with Crippen LogP contribution in [0.25, 0.3) is 16.3 Å². The molecular formula is C16H11N5O. The molecule has 4 aromatic rings. The van der Waals surface area contributed by atoms with Gasteiger partial charge in [0.15, 0.2) is 0 Å². The molecule has 0 saturated heterocycles. The van der Waals surface area contributed by atoms with Crippen LogP contribution in [0, 0.1) is 0 Å². The summed E-state index contributed by atoms with van der Waals surface area (Å²) in [5, 5.41) is 13.0. The Morgan fingerprint density at radius 2 is 1.95 bits per heavy atom. The lowest BCUT2D eigenvalue weighted by Gasteiger charge is -2.07. The van der Waals surface area contributed by atoms with Crippen molar-refractivity contribution >= 4 is 27.9 Å². The van der Waals surface area contributed by atoms with Crippen LogP contribution in [-0.2, 0) is 0 Å². The molecule has 6 heteroatoms. The van der Waals surface area contributed by atoms with Crippen LogP contribution in [0.1, 0.15) is 10.4 Å². The van der Waals surface area contributed by atoms with E-state index in [2.05, 4.69) is 20.5 Å². The predicted octanol–water partition coefficient (Wildman–Crippen LogP) is 2.53. The maximum atomic E-state index is 12.5. The van der Waals surface area contributed by atoms with E-state index in [9.17, 15) is 4.79 Å². The molecule has 0 aliphatic heterocycles. The van der Waals surface area contributed by atoms with Crippen molar-refractivity contribution in [1.29, 1.82) is 0 Å². The standard InChI is InChI=1S/C16H11N5O/c22-16(13-10-19-21-15(13)5-2-7-18-21)20-14-4-1-3-11-6-8-17-9-12(11)14/h1-10H,(H,20,22). The van der Waals surface area contributed by atoms with Gasteiger partial charge in [-0.05, 0) is 29.7 Å². The summed E-state index contributed by atoms with van der Waals surface area (Å²) in [6.45, 7) is 0. The molecule has 0 bridgehead atoms. The largest absolute Gasteiger partial charge is 0.321 e. The number of carbonyl (C=O) groups excluding carboxylic acids is 1. The number of pyridine rings is 1. The fourth-order valence-corrected chi connectivity index (χ4v) is 2.42. The van der Waals surface area contributed by atoms with Gasteiger partial charge in [-0.3, -0.25) is 9.78 Å². The van der Waals surface area contributed by atoms with E-state index in [4.69, 9.17) is 0 Å². The van der Waals surface area contributed by atoms with Gasteiger partial charge in [0.1, 0.15) is 5.52 Å². The van der Waals surface area contributed by atoms with Gasteiger partial charge in [-0.2, -0.15) is 14.8 Å². The molecule has 0 saturated carbocycles. The lowest BCUT2D eigenvalue weighted by Crippen LogP contribution is -2.12. The first-order valence-corrected chi connectivity index (χ1v) is 6.76. The number of nitrogens with zero attached hydrogens (tertiary/aromatic N) is 4. The summed E-state index contributed by atoms with van der Waals surface area (Å²) in [5.74, 6) is -0.223. The molecule has 0 atom stereocenters. The third-order valence-corrected chi connectivity index (χ3v) is 3.48. The van der Waals surface area contributed by atoms with Gasteiger partial charge in [0.05, 0.1) is 17.4 Å². The molecule has 1 amide bonds. The fourth-order valence-electron chi connectivity index (χ4n) is 2.42. The van der Waals surface area contributed by atoms with Crippen LogP contribution >= 0.6 is 0 Å². The number of aromatic nitrogens is 4. The number of hydrogen-bond acceptors (Lipinski definition) is 4. The molecule has 0 aliphatic carbocycles. The van der Waals surface area contributed by atoms with Gasteiger partial charge in [0, 0.05) is 24.0 Å². The van der Waals surface area contributed by atoms with Crippen molar-refractivity contribution in [3.05, 3.63) is 66.7 Å². The Kier molecular flexibility index (Phi) is 2.79. The Labute approximate surface area is 125 Å². The van der Waals surface area contributed by atoms with E-state index in [1.807, 2.05) is 24.3 Å². The minimum atomic E-state index is -0.223. The second kappa shape index (κ2) is 4.92. The summed E-state index contributed by atoms with van der Waals surface area (Å²) >= 11 is 0. The highest BCUT2D eigenvalue weighted by molar-refractivity contribution is 6.12. The maximum absolute atomic E-state index is 12.5. The summed E-state index contributed by atoms with van der Waals surface area (Å²) in [7, 11) is 0. The molecule has 0 aliphatic rings. The smallest absolute Gasteiger partial charge is 0.259 e. The molecule has 0 radical (unpaired) electrons. The number of carbonyl (C=O) groups is 1. The van der Waals surface area contributed by atoms with Gasteiger partial charge < -0.3 is 5.32 Å². The monoisotopic (exact) mass is 289 g/mol. The number of nitrogens with one attached hydrogen (secondary N) is 1. The van der Waals surface area contributed by atoms with Crippen molar-refractivity contribution in [2.75, 3.05) is 5.32 Å². The zero-order chi connectivity index (χ0) is 14.9. The molecule has 1 N–H and O–H groups in total. The maximum Gasteiger partial charge on any atom is 0.259 e. The van der Waals surface area contributed by atoms with Crippen molar-refractivity contribution in [2.24, 2.45) is 0 Å². The molecule has 106 valence electrons. The van der Waals surface area contributed by atoms with Crippen molar-refractivity contribution in [1.82, 2.24) is 19.8 Å². The molecule has 22 heavy (non-hydrogen) atoms. The van der Waals surface area contributed by atoms with E-state index in [1.165, 1.54) is 10.8 Å². The molecule has 3 heterocycles. The summed E-state index contributed by atoms with van der Waals surface area (Å²) in [6, 6.07) is 11.2. The highest BCUT2D eigenvalue weighted by Crippen LogP contribution is 2.23. The third-order valence-electron chi connectivity index (χ3n) is 3.48. The second-order valence-electron chi connectivity index (χ2n) is 4.81. The Morgan fingerprint density at radius 1 is 1.00 bits per heavy atom. The lowest BCUT2D eigenvalue weighted by atomic mass is 10.1. The Bertz CT molecular complexity index is 987. The van der Waals surface area contributed by atoms with Crippen LogP contribution in [0.15, 0.2) is 61.2 Å². The zero-order valence-electron chi connectivity index (χ0n) is 11.5.